The monoisotopic (exact) mass is 459 g/mol. The molecular weight excluding hydrogens is 448 g/mol. The summed E-state index contributed by atoms with van der Waals surface area (Å²) in [4.78, 5) is 7.62. The van der Waals surface area contributed by atoms with Gasteiger partial charge in [0.15, 0.2) is 0 Å². The quantitative estimate of drug-likeness (QED) is 0.591. The third-order valence-electron chi connectivity index (χ3n) is 3.90. The number of halogens is 3. The molecule has 1 aromatic carbocycles. The minimum absolute atomic E-state index is 0.0284. The second-order valence-corrected chi connectivity index (χ2v) is 7.53. The van der Waals surface area contributed by atoms with Gasteiger partial charge >= 0.3 is 6.61 Å². The first-order valence-corrected chi connectivity index (χ1v) is 9.76. The number of hydrogen-bond donors (Lipinski definition) is 1. The summed E-state index contributed by atoms with van der Waals surface area (Å²) in [7, 11) is -1.94. The number of nitriles is 1. The normalized spacial score (nSPS) is 11.5. The lowest BCUT2D eigenvalue weighted by molar-refractivity contribution is -0.0534. The van der Waals surface area contributed by atoms with Gasteiger partial charge in [0.25, 0.3) is 11.8 Å². The first-order valence-electron chi connectivity index (χ1n) is 7.84. The maximum Gasteiger partial charge on any atom is 0.387 e. The van der Waals surface area contributed by atoms with Gasteiger partial charge in [0.1, 0.15) is 11.0 Å². The highest BCUT2D eigenvalue weighted by atomic mass is 35.5. The molecule has 10 nitrogen and oxygen atoms in total. The summed E-state index contributed by atoms with van der Waals surface area (Å²) in [5.74, 6) is -1.68. The molecule has 2 aromatic heterocycles. The van der Waals surface area contributed by atoms with Gasteiger partial charge in [-0.2, -0.15) is 24.0 Å². The minimum atomic E-state index is -4.23. The van der Waals surface area contributed by atoms with Crippen LogP contribution in [-0.2, 0) is 10.0 Å². The van der Waals surface area contributed by atoms with E-state index in [1.807, 2.05) is 6.07 Å². The van der Waals surface area contributed by atoms with E-state index >= 15 is 0 Å². The van der Waals surface area contributed by atoms with E-state index in [-0.39, 0.29) is 32.3 Å². The summed E-state index contributed by atoms with van der Waals surface area (Å²) in [5.41, 5.74) is -0.0563. The molecule has 0 aliphatic carbocycles. The van der Waals surface area contributed by atoms with E-state index < -0.39 is 34.1 Å². The molecule has 0 unspecified atom stereocenters. The molecule has 0 spiro atoms. The molecule has 0 fully saturated rings. The molecular formula is C16H12ClF2N5O5S. The Balaban J connectivity index is 2.43. The second-order valence-electron chi connectivity index (χ2n) is 5.59. The summed E-state index contributed by atoms with van der Waals surface area (Å²) >= 11 is 6.08. The molecule has 0 amide bonds. The van der Waals surface area contributed by atoms with Crippen molar-refractivity contribution in [3.05, 3.63) is 28.9 Å². The number of ether oxygens (including phenoxy) is 3. The summed E-state index contributed by atoms with van der Waals surface area (Å²) in [5, 5.41) is 14.9. The van der Waals surface area contributed by atoms with Crippen LogP contribution in [0.25, 0.3) is 16.9 Å². The lowest BCUT2D eigenvalue weighted by Gasteiger charge is -2.14. The van der Waals surface area contributed by atoms with Crippen molar-refractivity contribution in [3.63, 3.8) is 0 Å². The van der Waals surface area contributed by atoms with Gasteiger partial charge in [-0.15, -0.1) is 0 Å². The summed E-state index contributed by atoms with van der Waals surface area (Å²) in [6.45, 7) is -3.22. The molecule has 2 N–H and O–H groups in total. The maximum absolute atomic E-state index is 12.7. The average Bonchev–Trinajstić information content (AvgIpc) is 3.07. The zero-order chi connectivity index (χ0) is 22.2. The Bertz CT molecular complexity index is 1260. The van der Waals surface area contributed by atoms with Crippen molar-refractivity contribution in [1.29, 1.82) is 5.26 Å². The van der Waals surface area contributed by atoms with Crippen molar-refractivity contribution in [1.82, 2.24) is 14.5 Å². The predicted molar refractivity (Wildman–Crippen MR) is 99.7 cm³/mol. The fourth-order valence-corrected chi connectivity index (χ4v) is 3.65. The highest BCUT2D eigenvalue weighted by molar-refractivity contribution is 7.89. The molecule has 0 aliphatic heterocycles. The van der Waals surface area contributed by atoms with Crippen LogP contribution in [0.15, 0.2) is 23.2 Å². The Labute approximate surface area is 173 Å². The Kier molecular flexibility index (Phi) is 5.66. The van der Waals surface area contributed by atoms with Gasteiger partial charge in [0.2, 0.25) is 21.7 Å². The van der Waals surface area contributed by atoms with Crippen LogP contribution in [0.5, 0.6) is 17.5 Å². The molecule has 30 heavy (non-hydrogen) atoms. The van der Waals surface area contributed by atoms with Crippen LogP contribution in [0.2, 0.25) is 5.02 Å². The number of primary sulfonamides is 1. The topological polar surface area (TPSA) is 142 Å². The van der Waals surface area contributed by atoms with Crippen LogP contribution < -0.4 is 19.3 Å². The van der Waals surface area contributed by atoms with Crippen LogP contribution in [0.1, 0.15) is 5.56 Å². The highest BCUT2D eigenvalue weighted by Gasteiger charge is 2.26. The Morgan fingerprint density at radius 2 is 1.83 bits per heavy atom. The largest absolute Gasteiger partial charge is 0.478 e. The van der Waals surface area contributed by atoms with Crippen molar-refractivity contribution in [2.24, 2.45) is 5.14 Å². The molecule has 0 atom stereocenters. The number of sulfonamides is 1. The number of alkyl halides is 2. The molecule has 0 radical (unpaired) electrons. The lowest BCUT2D eigenvalue weighted by Crippen LogP contribution is -2.12. The number of nitrogens with two attached hydrogens (primary N) is 1. The smallest absolute Gasteiger partial charge is 0.387 e. The molecule has 2 heterocycles. The molecule has 0 bridgehead atoms. The zero-order valence-corrected chi connectivity index (χ0v) is 16.8. The Hall–Kier alpha value is -3.21. The lowest BCUT2D eigenvalue weighted by atomic mass is 10.1. The summed E-state index contributed by atoms with van der Waals surface area (Å²) in [6, 6.07) is 4.57. The van der Waals surface area contributed by atoms with Gasteiger partial charge in [-0.1, -0.05) is 11.6 Å². The third kappa shape index (κ3) is 3.67. The molecule has 0 saturated carbocycles. The van der Waals surface area contributed by atoms with Crippen LogP contribution in [-0.4, -0.2) is 43.8 Å². The van der Waals surface area contributed by atoms with Crippen molar-refractivity contribution in [2.45, 2.75) is 11.5 Å². The fourth-order valence-electron chi connectivity index (χ4n) is 2.73. The van der Waals surface area contributed by atoms with E-state index in [4.69, 9.17) is 26.2 Å². The number of hydrogen-bond acceptors (Lipinski definition) is 8. The van der Waals surface area contributed by atoms with E-state index in [1.54, 1.807) is 0 Å². The molecule has 14 heteroatoms. The van der Waals surface area contributed by atoms with Crippen LogP contribution >= 0.6 is 11.6 Å². The fraction of sp³-hybridized carbons (Fsp3) is 0.188. The van der Waals surface area contributed by atoms with Crippen LogP contribution in [0.3, 0.4) is 0 Å². The minimum Gasteiger partial charge on any atom is -0.478 e. The van der Waals surface area contributed by atoms with Crippen molar-refractivity contribution >= 4 is 32.5 Å². The first-order chi connectivity index (χ1) is 14.1. The van der Waals surface area contributed by atoms with Crippen LogP contribution in [0, 0.1) is 11.3 Å². The van der Waals surface area contributed by atoms with Gasteiger partial charge in [0, 0.05) is 11.6 Å². The van der Waals surface area contributed by atoms with E-state index in [2.05, 4.69) is 14.7 Å². The molecule has 3 rings (SSSR count). The van der Waals surface area contributed by atoms with Gasteiger partial charge < -0.3 is 14.2 Å². The van der Waals surface area contributed by atoms with Gasteiger partial charge in [0.05, 0.1) is 30.3 Å². The summed E-state index contributed by atoms with van der Waals surface area (Å²) in [6.07, 6.45) is 1.07. The van der Waals surface area contributed by atoms with E-state index in [0.717, 1.165) is 25.0 Å². The molecule has 3 aromatic rings. The SMILES string of the molecule is COc1nc(-n2cc(S(N)(=O)=O)c3ccc(Cl)c(C#N)c32)nc(OC)c1OC(F)F. The third-order valence-corrected chi connectivity index (χ3v) is 5.15. The van der Waals surface area contributed by atoms with E-state index in [0.29, 0.717) is 0 Å². The number of benzene rings is 1. The number of fused-ring (bicyclic) bond motifs is 1. The number of rotatable bonds is 6. The van der Waals surface area contributed by atoms with Crippen molar-refractivity contribution in [2.75, 3.05) is 14.2 Å². The van der Waals surface area contributed by atoms with Gasteiger partial charge in [-0.05, 0) is 12.1 Å². The Morgan fingerprint density at radius 3 is 2.30 bits per heavy atom. The molecule has 0 aliphatic rings. The van der Waals surface area contributed by atoms with E-state index in [9.17, 15) is 22.5 Å². The van der Waals surface area contributed by atoms with Crippen LogP contribution in [0.4, 0.5) is 8.78 Å². The second kappa shape index (κ2) is 7.90. The predicted octanol–water partition coefficient (Wildman–Crippen LogP) is 2.21. The first kappa shape index (κ1) is 21.5. The van der Waals surface area contributed by atoms with Crippen molar-refractivity contribution in [3.8, 4) is 29.5 Å². The summed E-state index contributed by atoms with van der Waals surface area (Å²) < 4.78 is 65.0. The Morgan fingerprint density at radius 1 is 1.23 bits per heavy atom. The zero-order valence-electron chi connectivity index (χ0n) is 15.3. The average molecular weight is 460 g/mol. The molecule has 0 saturated heterocycles. The number of methoxy groups -OCH3 is 2. The van der Waals surface area contributed by atoms with Gasteiger partial charge in [-0.3, -0.25) is 4.57 Å². The van der Waals surface area contributed by atoms with Gasteiger partial charge in [-0.25, -0.2) is 13.6 Å². The van der Waals surface area contributed by atoms with E-state index in [1.165, 1.54) is 12.1 Å². The standard InChI is InChI=1S/C16H12ClF2N5O5S/c1-27-13-12(29-15(18)19)14(28-2)23-16(22-13)24-6-10(30(21,25)26)7-3-4-9(17)8(5-20)11(7)24/h3-4,6,15H,1-2H3,(H2,21,25,26). The maximum atomic E-state index is 12.7. The number of aromatic nitrogens is 3. The highest BCUT2D eigenvalue weighted by Crippen LogP contribution is 2.38. The number of nitrogens with zero attached hydrogens (tertiary/aromatic N) is 4. The van der Waals surface area contributed by atoms with Crippen molar-refractivity contribution < 1.29 is 31.4 Å². The molecule has 158 valence electrons.